The van der Waals surface area contributed by atoms with Gasteiger partial charge >= 0.3 is 0 Å². The van der Waals surface area contributed by atoms with Crippen LogP contribution in [-0.2, 0) is 0 Å². The van der Waals surface area contributed by atoms with Crippen molar-refractivity contribution in [3.63, 3.8) is 0 Å². The summed E-state index contributed by atoms with van der Waals surface area (Å²) in [6, 6.07) is 2.51. The average molecular weight is 310 g/mol. The summed E-state index contributed by atoms with van der Waals surface area (Å²) in [6.45, 7) is 4.05. The molecule has 2 rings (SSSR count). The predicted molar refractivity (Wildman–Crippen MR) is 92.8 cm³/mol. The normalized spacial score (nSPS) is 22.6. The number of nitrogens with one attached hydrogen (secondary N) is 1. The van der Waals surface area contributed by atoms with E-state index in [2.05, 4.69) is 16.6 Å². The van der Waals surface area contributed by atoms with Crippen molar-refractivity contribution >= 4 is 34.8 Å². The molecule has 110 valence electrons. The first-order valence-electron chi connectivity index (χ1n) is 7.08. The summed E-state index contributed by atoms with van der Waals surface area (Å²) in [7, 11) is 0. The number of nitrogens with two attached hydrogens (primary N) is 1. The maximum absolute atomic E-state index is 5.87. The number of aryl methyl sites for hydroxylation is 2. The third-order valence-corrected chi connectivity index (χ3v) is 5.19. The van der Waals surface area contributed by atoms with E-state index < -0.39 is 0 Å². The van der Waals surface area contributed by atoms with Crippen molar-refractivity contribution < 1.29 is 0 Å². The fourth-order valence-electron chi connectivity index (χ4n) is 2.94. The molecule has 3 N–H and O–H groups in total. The van der Waals surface area contributed by atoms with Crippen LogP contribution in [-0.4, -0.2) is 27.5 Å². The lowest BCUT2D eigenvalue weighted by molar-refractivity contribution is 0.472. The van der Waals surface area contributed by atoms with Gasteiger partial charge in [0, 0.05) is 17.0 Å². The predicted octanol–water partition coefficient (Wildman–Crippen LogP) is 3.42. The summed E-state index contributed by atoms with van der Waals surface area (Å²) in [6.07, 6.45) is 7.18. The second kappa shape index (κ2) is 6.76. The summed E-state index contributed by atoms with van der Waals surface area (Å²) < 4.78 is 0. The SMILES string of the molecule is CSC1CCCC(Nc2nc(C)cc(C)c2C(N)=S)C1. The number of anilines is 1. The van der Waals surface area contributed by atoms with E-state index in [1.54, 1.807) is 0 Å². The van der Waals surface area contributed by atoms with Crippen LogP contribution in [0.5, 0.6) is 0 Å². The zero-order valence-electron chi connectivity index (χ0n) is 12.4. The maximum Gasteiger partial charge on any atom is 0.136 e. The highest BCUT2D eigenvalue weighted by Crippen LogP contribution is 2.29. The minimum atomic E-state index is 0.426. The van der Waals surface area contributed by atoms with Crippen LogP contribution >= 0.6 is 24.0 Å². The van der Waals surface area contributed by atoms with Gasteiger partial charge in [0.1, 0.15) is 10.8 Å². The molecule has 0 bridgehead atoms. The van der Waals surface area contributed by atoms with Crippen LogP contribution in [0.15, 0.2) is 6.07 Å². The highest BCUT2D eigenvalue weighted by atomic mass is 32.2. The minimum absolute atomic E-state index is 0.426. The summed E-state index contributed by atoms with van der Waals surface area (Å²) in [5, 5.41) is 4.34. The van der Waals surface area contributed by atoms with Crippen LogP contribution in [0, 0.1) is 13.8 Å². The van der Waals surface area contributed by atoms with Gasteiger partial charge in [-0.25, -0.2) is 4.98 Å². The Bertz CT molecular complexity index is 502. The number of nitrogens with zero attached hydrogens (tertiary/aromatic N) is 1. The summed E-state index contributed by atoms with van der Waals surface area (Å²) in [4.78, 5) is 5.04. The quantitative estimate of drug-likeness (QED) is 0.835. The van der Waals surface area contributed by atoms with E-state index in [-0.39, 0.29) is 0 Å². The molecule has 0 aliphatic heterocycles. The molecule has 1 aliphatic carbocycles. The average Bonchev–Trinajstić information content (AvgIpc) is 2.37. The van der Waals surface area contributed by atoms with Gasteiger partial charge in [0.2, 0.25) is 0 Å². The monoisotopic (exact) mass is 309 g/mol. The molecule has 0 spiro atoms. The molecule has 0 radical (unpaired) electrons. The number of pyridine rings is 1. The second-order valence-corrected chi connectivity index (χ2v) is 7.11. The lowest BCUT2D eigenvalue weighted by Crippen LogP contribution is -2.30. The lowest BCUT2D eigenvalue weighted by Gasteiger charge is -2.30. The van der Waals surface area contributed by atoms with Crippen LogP contribution in [0.4, 0.5) is 5.82 Å². The van der Waals surface area contributed by atoms with Crippen LogP contribution in [0.1, 0.15) is 42.5 Å². The van der Waals surface area contributed by atoms with E-state index in [1.807, 2.05) is 31.7 Å². The van der Waals surface area contributed by atoms with Crippen LogP contribution in [0.3, 0.4) is 0 Å². The van der Waals surface area contributed by atoms with Crippen LogP contribution < -0.4 is 11.1 Å². The number of thiocarbonyl (C=S) groups is 1. The van der Waals surface area contributed by atoms with Crippen molar-refractivity contribution in [1.82, 2.24) is 4.98 Å². The van der Waals surface area contributed by atoms with Gasteiger partial charge in [-0.2, -0.15) is 11.8 Å². The van der Waals surface area contributed by atoms with Gasteiger partial charge in [-0.1, -0.05) is 18.6 Å². The first-order valence-corrected chi connectivity index (χ1v) is 8.78. The number of rotatable bonds is 4. The first-order chi connectivity index (χ1) is 9.51. The molecule has 1 saturated carbocycles. The largest absolute Gasteiger partial charge is 0.389 e. The van der Waals surface area contributed by atoms with Gasteiger partial charge in [-0.3, -0.25) is 0 Å². The van der Waals surface area contributed by atoms with Crippen molar-refractivity contribution in [1.29, 1.82) is 0 Å². The Balaban J connectivity index is 2.22. The molecule has 2 atom stereocenters. The number of aromatic nitrogens is 1. The van der Waals surface area contributed by atoms with Crippen molar-refractivity contribution in [2.75, 3.05) is 11.6 Å². The molecule has 1 aliphatic rings. The molecule has 3 nitrogen and oxygen atoms in total. The van der Waals surface area contributed by atoms with E-state index in [1.165, 1.54) is 25.7 Å². The Kier molecular flexibility index (Phi) is 5.27. The fraction of sp³-hybridized carbons (Fsp3) is 0.600. The Labute approximate surface area is 131 Å². The molecule has 1 fully saturated rings. The van der Waals surface area contributed by atoms with Gasteiger partial charge in [0.25, 0.3) is 0 Å². The third kappa shape index (κ3) is 3.64. The number of hydrogen-bond donors (Lipinski definition) is 2. The third-order valence-electron chi connectivity index (χ3n) is 3.89. The van der Waals surface area contributed by atoms with Gasteiger partial charge < -0.3 is 11.1 Å². The van der Waals surface area contributed by atoms with Gasteiger partial charge in [-0.15, -0.1) is 0 Å². The molecule has 20 heavy (non-hydrogen) atoms. The Morgan fingerprint density at radius 2 is 2.20 bits per heavy atom. The molecular formula is C15H23N3S2. The standard InChI is InChI=1S/C15H23N3S2/c1-9-7-10(2)17-15(13(9)14(16)19)18-11-5-4-6-12(8-11)20-3/h7,11-12H,4-6,8H2,1-3H3,(H2,16,19)(H,17,18). The van der Waals surface area contributed by atoms with Crippen LogP contribution in [0.2, 0.25) is 0 Å². The summed E-state index contributed by atoms with van der Waals surface area (Å²) in [5.41, 5.74) is 8.87. The minimum Gasteiger partial charge on any atom is -0.389 e. The maximum atomic E-state index is 5.87. The molecule has 5 heteroatoms. The number of hydrogen-bond acceptors (Lipinski definition) is 4. The van der Waals surface area contributed by atoms with Crippen molar-refractivity contribution in [2.45, 2.75) is 50.8 Å². The van der Waals surface area contributed by atoms with E-state index in [4.69, 9.17) is 18.0 Å². The van der Waals surface area contributed by atoms with E-state index in [0.717, 1.165) is 27.9 Å². The highest BCUT2D eigenvalue weighted by Gasteiger charge is 2.23. The Morgan fingerprint density at radius 3 is 2.85 bits per heavy atom. The van der Waals surface area contributed by atoms with E-state index in [0.29, 0.717) is 11.0 Å². The van der Waals surface area contributed by atoms with Gasteiger partial charge in [0.05, 0.1) is 5.56 Å². The zero-order valence-corrected chi connectivity index (χ0v) is 14.0. The molecule has 0 amide bonds. The first kappa shape index (κ1) is 15.6. The second-order valence-electron chi connectivity index (χ2n) is 5.53. The van der Waals surface area contributed by atoms with E-state index in [9.17, 15) is 0 Å². The number of thioether (sulfide) groups is 1. The van der Waals surface area contributed by atoms with Gasteiger partial charge in [0.15, 0.2) is 0 Å². The van der Waals surface area contributed by atoms with Crippen molar-refractivity contribution in [3.05, 3.63) is 22.9 Å². The van der Waals surface area contributed by atoms with Crippen molar-refractivity contribution in [3.8, 4) is 0 Å². The smallest absolute Gasteiger partial charge is 0.136 e. The zero-order chi connectivity index (χ0) is 14.7. The van der Waals surface area contributed by atoms with Gasteiger partial charge in [-0.05, 0) is 51.0 Å². The molecule has 2 unspecified atom stereocenters. The molecule has 1 aromatic heterocycles. The highest BCUT2D eigenvalue weighted by molar-refractivity contribution is 7.99. The fourth-order valence-corrected chi connectivity index (χ4v) is 4.02. The van der Waals surface area contributed by atoms with Crippen LogP contribution in [0.25, 0.3) is 0 Å². The topological polar surface area (TPSA) is 50.9 Å². The van der Waals surface area contributed by atoms with E-state index >= 15 is 0 Å². The molecule has 0 saturated heterocycles. The Morgan fingerprint density at radius 1 is 1.45 bits per heavy atom. The van der Waals surface area contributed by atoms with Crippen molar-refractivity contribution in [2.24, 2.45) is 5.73 Å². The molecule has 1 aromatic rings. The molecular weight excluding hydrogens is 286 g/mol. The summed E-state index contributed by atoms with van der Waals surface area (Å²) >= 11 is 7.15. The lowest BCUT2D eigenvalue weighted by atomic mass is 9.94. The molecule has 0 aromatic carbocycles. The summed E-state index contributed by atoms with van der Waals surface area (Å²) in [5.74, 6) is 0.863. The Hall–Kier alpha value is -0.810. The molecule has 1 heterocycles.